The summed E-state index contributed by atoms with van der Waals surface area (Å²) in [6.07, 6.45) is -0.229. The Balaban J connectivity index is 2.05. The van der Waals surface area contributed by atoms with Gasteiger partial charge in [0.15, 0.2) is 5.84 Å². The minimum atomic E-state index is -0.229. The van der Waals surface area contributed by atoms with Crippen LogP contribution in [0, 0.1) is 0 Å². The van der Waals surface area contributed by atoms with Crippen LogP contribution in [0.25, 0.3) is 0 Å². The molecule has 0 amide bonds. The molecule has 0 aromatic heterocycles. The average Bonchev–Trinajstić information content (AvgIpc) is 2.85. The SMILES string of the molecule is COC1N(C)N=C(c2ccccc2)N1c1ccccc1. The van der Waals surface area contributed by atoms with E-state index in [1.807, 2.05) is 48.5 Å². The summed E-state index contributed by atoms with van der Waals surface area (Å²) in [6, 6.07) is 20.3. The van der Waals surface area contributed by atoms with E-state index in [1.165, 1.54) is 0 Å². The highest BCUT2D eigenvalue weighted by Gasteiger charge is 2.33. The maximum Gasteiger partial charge on any atom is 0.230 e. The number of ether oxygens (including phenoxy) is 1. The summed E-state index contributed by atoms with van der Waals surface area (Å²) in [5.41, 5.74) is 2.13. The maximum absolute atomic E-state index is 5.58. The lowest BCUT2D eigenvalue weighted by molar-refractivity contribution is 0.00289. The predicted octanol–water partition coefficient (Wildman–Crippen LogP) is 2.73. The summed E-state index contributed by atoms with van der Waals surface area (Å²) < 4.78 is 5.58. The molecule has 0 aliphatic carbocycles. The molecular formula is C16H17N3O. The zero-order valence-corrected chi connectivity index (χ0v) is 11.6. The van der Waals surface area contributed by atoms with Gasteiger partial charge in [-0.1, -0.05) is 48.5 Å². The van der Waals surface area contributed by atoms with E-state index in [-0.39, 0.29) is 6.35 Å². The van der Waals surface area contributed by atoms with E-state index >= 15 is 0 Å². The summed E-state index contributed by atoms with van der Waals surface area (Å²) >= 11 is 0. The summed E-state index contributed by atoms with van der Waals surface area (Å²) in [6.45, 7) is 0. The zero-order valence-electron chi connectivity index (χ0n) is 11.6. The van der Waals surface area contributed by atoms with E-state index in [9.17, 15) is 0 Å². The van der Waals surface area contributed by atoms with Crippen molar-refractivity contribution in [1.29, 1.82) is 0 Å². The highest BCUT2D eigenvalue weighted by Crippen LogP contribution is 2.27. The van der Waals surface area contributed by atoms with Gasteiger partial charge in [0.2, 0.25) is 6.35 Å². The van der Waals surface area contributed by atoms with Crippen LogP contribution in [0.15, 0.2) is 65.8 Å². The van der Waals surface area contributed by atoms with Crippen LogP contribution in [0.1, 0.15) is 5.56 Å². The monoisotopic (exact) mass is 267 g/mol. The lowest BCUT2D eigenvalue weighted by atomic mass is 10.2. The van der Waals surface area contributed by atoms with E-state index < -0.39 is 0 Å². The molecule has 1 atom stereocenters. The molecule has 20 heavy (non-hydrogen) atoms. The van der Waals surface area contributed by atoms with Crippen LogP contribution in [0.3, 0.4) is 0 Å². The minimum absolute atomic E-state index is 0.229. The van der Waals surface area contributed by atoms with E-state index in [4.69, 9.17) is 4.74 Å². The number of hydrogen-bond acceptors (Lipinski definition) is 4. The van der Waals surface area contributed by atoms with Gasteiger partial charge >= 0.3 is 0 Å². The van der Waals surface area contributed by atoms with Crippen molar-refractivity contribution in [3.05, 3.63) is 66.2 Å². The van der Waals surface area contributed by atoms with Gasteiger partial charge in [0.05, 0.1) is 0 Å². The first-order valence-corrected chi connectivity index (χ1v) is 6.55. The molecule has 2 aromatic rings. The van der Waals surface area contributed by atoms with Gasteiger partial charge in [-0.25, -0.2) is 0 Å². The molecule has 1 unspecified atom stereocenters. The molecule has 0 bridgehead atoms. The molecule has 3 rings (SSSR count). The first-order chi connectivity index (χ1) is 9.81. The average molecular weight is 267 g/mol. The van der Waals surface area contributed by atoms with Gasteiger partial charge in [-0.05, 0) is 12.1 Å². The Morgan fingerprint density at radius 1 is 0.950 bits per heavy atom. The van der Waals surface area contributed by atoms with E-state index in [2.05, 4.69) is 34.3 Å². The van der Waals surface area contributed by atoms with Gasteiger partial charge in [0.25, 0.3) is 0 Å². The molecule has 1 aliphatic heterocycles. The summed E-state index contributed by atoms with van der Waals surface area (Å²) in [4.78, 5) is 2.09. The van der Waals surface area contributed by atoms with E-state index in [0.717, 1.165) is 17.1 Å². The molecule has 0 N–H and O–H groups in total. The third-order valence-electron chi connectivity index (χ3n) is 3.30. The number of para-hydroxylation sites is 1. The van der Waals surface area contributed by atoms with Crippen LogP contribution < -0.4 is 4.90 Å². The van der Waals surface area contributed by atoms with E-state index in [1.54, 1.807) is 7.11 Å². The molecule has 0 saturated carbocycles. The Morgan fingerprint density at radius 3 is 2.15 bits per heavy atom. The standard InChI is InChI=1S/C16H17N3O/c1-18-16(20-2)19(14-11-7-4-8-12-14)15(17-18)13-9-5-3-6-10-13/h3-12,16H,1-2H3. The quantitative estimate of drug-likeness (QED) is 0.856. The first kappa shape index (κ1) is 12.7. The van der Waals surface area contributed by atoms with Gasteiger partial charge < -0.3 is 4.74 Å². The number of hydrazone groups is 1. The molecule has 0 radical (unpaired) electrons. The Hall–Kier alpha value is -2.33. The van der Waals surface area contributed by atoms with Gasteiger partial charge in [0, 0.05) is 25.4 Å². The third kappa shape index (κ3) is 2.14. The van der Waals surface area contributed by atoms with Gasteiger partial charge in [-0.3, -0.25) is 9.91 Å². The molecule has 4 heteroatoms. The smallest absolute Gasteiger partial charge is 0.230 e. The van der Waals surface area contributed by atoms with Crippen molar-refractivity contribution >= 4 is 11.5 Å². The fraction of sp³-hybridized carbons (Fsp3) is 0.188. The minimum Gasteiger partial charge on any atom is -0.342 e. The zero-order chi connectivity index (χ0) is 13.9. The van der Waals surface area contributed by atoms with Crippen LogP contribution in [-0.2, 0) is 4.74 Å². The van der Waals surface area contributed by atoms with Crippen LogP contribution in [-0.4, -0.2) is 31.4 Å². The van der Waals surface area contributed by atoms with Crippen molar-refractivity contribution < 1.29 is 4.74 Å². The number of hydrogen-bond donors (Lipinski definition) is 0. The molecule has 0 fully saturated rings. The second-order valence-corrected chi connectivity index (χ2v) is 4.63. The lowest BCUT2D eigenvalue weighted by Gasteiger charge is -2.28. The highest BCUT2D eigenvalue weighted by molar-refractivity contribution is 6.10. The predicted molar refractivity (Wildman–Crippen MR) is 80.5 cm³/mol. The molecule has 4 nitrogen and oxygen atoms in total. The summed E-state index contributed by atoms with van der Waals surface area (Å²) in [5, 5.41) is 6.45. The van der Waals surface area contributed by atoms with E-state index in [0.29, 0.717) is 0 Å². The Bertz CT molecular complexity index is 598. The van der Waals surface area contributed by atoms with Crippen LogP contribution in [0.2, 0.25) is 0 Å². The van der Waals surface area contributed by atoms with Crippen molar-refractivity contribution in [2.24, 2.45) is 5.10 Å². The molecule has 0 spiro atoms. The van der Waals surface area contributed by atoms with Crippen LogP contribution in [0.5, 0.6) is 0 Å². The Labute approximate surface area is 118 Å². The highest BCUT2D eigenvalue weighted by atomic mass is 16.5. The molecule has 2 aromatic carbocycles. The fourth-order valence-corrected chi connectivity index (χ4v) is 2.40. The largest absolute Gasteiger partial charge is 0.342 e. The molecule has 1 heterocycles. The normalized spacial score (nSPS) is 18.3. The molecule has 1 aliphatic rings. The molecular weight excluding hydrogens is 250 g/mol. The van der Waals surface area contributed by atoms with Crippen molar-refractivity contribution in [2.75, 3.05) is 19.1 Å². The van der Waals surface area contributed by atoms with Crippen molar-refractivity contribution in [1.82, 2.24) is 5.01 Å². The second kappa shape index (κ2) is 5.35. The van der Waals surface area contributed by atoms with Crippen molar-refractivity contribution in [3.8, 4) is 0 Å². The number of benzene rings is 2. The fourth-order valence-electron chi connectivity index (χ4n) is 2.40. The van der Waals surface area contributed by atoms with Crippen LogP contribution in [0.4, 0.5) is 5.69 Å². The van der Waals surface area contributed by atoms with Gasteiger partial charge in [-0.15, -0.1) is 0 Å². The third-order valence-corrected chi connectivity index (χ3v) is 3.30. The molecule has 0 saturated heterocycles. The Kier molecular flexibility index (Phi) is 3.39. The van der Waals surface area contributed by atoms with Crippen molar-refractivity contribution in [2.45, 2.75) is 6.35 Å². The number of nitrogens with zero attached hydrogens (tertiary/aromatic N) is 3. The van der Waals surface area contributed by atoms with Crippen LogP contribution >= 0.6 is 0 Å². The van der Waals surface area contributed by atoms with Crippen molar-refractivity contribution in [3.63, 3.8) is 0 Å². The number of rotatable bonds is 3. The number of anilines is 1. The first-order valence-electron chi connectivity index (χ1n) is 6.55. The summed E-state index contributed by atoms with van der Waals surface area (Å²) in [5.74, 6) is 0.895. The number of amidine groups is 1. The topological polar surface area (TPSA) is 28.1 Å². The van der Waals surface area contributed by atoms with Gasteiger partial charge in [0.1, 0.15) is 0 Å². The molecule has 102 valence electrons. The number of methoxy groups -OCH3 is 1. The Morgan fingerprint density at radius 2 is 1.55 bits per heavy atom. The van der Waals surface area contributed by atoms with Gasteiger partial charge in [-0.2, -0.15) is 5.10 Å². The lowest BCUT2D eigenvalue weighted by Crippen LogP contribution is -2.42. The maximum atomic E-state index is 5.58. The summed E-state index contributed by atoms with van der Waals surface area (Å²) in [7, 11) is 3.61. The second-order valence-electron chi connectivity index (χ2n) is 4.63.